The molecule has 0 aromatic carbocycles. The van der Waals surface area contributed by atoms with Gasteiger partial charge in [-0.2, -0.15) is 0 Å². The highest BCUT2D eigenvalue weighted by Crippen LogP contribution is 2.28. The molecule has 0 spiro atoms. The third-order valence-electron chi connectivity index (χ3n) is 4.64. The first-order valence-electron chi connectivity index (χ1n) is 7.69. The number of ether oxygens (including phenoxy) is 1. The monoisotopic (exact) mass is 315 g/mol. The molecule has 3 heterocycles. The molecule has 1 N–H and O–H groups in total. The number of hydrogen-bond donors (Lipinski definition) is 1. The van der Waals surface area contributed by atoms with Crippen LogP contribution in [0, 0.1) is 13.8 Å². The second-order valence-electron chi connectivity index (χ2n) is 5.92. The van der Waals surface area contributed by atoms with Gasteiger partial charge in [0.25, 0.3) is 5.91 Å². The third-order valence-corrected chi connectivity index (χ3v) is 4.64. The number of aromatic amines is 1. The fourth-order valence-corrected chi connectivity index (χ4v) is 3.37. The normalized spacial score (nSPS) is 17.0. The molecule has 1 aliphatic rings. The van der Waals surface area contributed by atoms with Crippen LogP contribution in [0.25, 0.3) is 0 Å². The van der Waals surface area contributed by atoms with E-state index in [4.69, 9.17) is 4.74 Å². The molecule has 6 heteroatoms. The highest BCUT2D eigenvalue weighted by atomic mass is 16.5. The van der Waals surface area contributed by atoms with E-state index in [1.165, 1.54) is 7.11 Å². The van der Waals surface area contributed by atoms with Gasteiger partial charge in [-0.15, -0.1) is 0 Å². The summed E-state index contributed by atoms with van der Waals surface area (Å²) in [6, 6.07) is 4.03. The Morgan fingerprint density at radius 2 is 2.04 bits per heavy atom. The number of carbonyl (C=O) groups is 2. The predicted octanol–water partition coefficient (Wildman–Crippen LogP) is 2.44. The lowest BCUT2D eigenvalue weighted by Gasteiger charge is -2.34. The summed E-state index contributed by atoms with van der Waals surface area (Å²) in [5.74, 6) is -0.503. The van der Waals surface area contributed by atoms with Crippen LogP contribution in [0.4, 0.5) is 0 Å². The number of methoxy groups -OCH3 is 1. The van der Waals surface area contributed by atoms with Crippen LogP contribution in [0.1, 0.15) is 50.8 Å². The van der Waals surface area contributed by atoms with Gasteiger partial charge in [-0.1, -0.05) is 0 Å². The zero-order chi connectivity index (χ0) is 16.7. The summed E-state index contributed by atoms with van der Waals surface area (Å²) in [7, 11) is 1.34. The van der Waals surface area contributed by atoms with Crippen LogP contribution in [0.5, 0.6) is 0 Å². The largest absolute Gasteiger partial charge is 0.465 e. The maximum Gasteiger partial charge on any atom is 0.339 e. The Morgan fingerprint density at radius 1 is 1.30 bits per heavy atom. The standard InChI is InChI=1S/C17H21N3O3/c1-10-14(17(22)23-4)11(2)18-15(10)16(21)20-9-8-19-7-5-6-13(19)12(20)3/h5-7,12,18H,8-9H2,1-4H3. The Hall–Kier alpha value is -2.50. The molecule has 122 valence electrons. The van der Waals surface area contributed by atoms with E-state index in [0.29, 0.717) is 29.1 Å². The first kappa shape index (κ1) is 15.4. The van der Waals surface area contributed by atoms with Gasteiger partial charge in [-0.3, -0.25) is 4.79 Å². The van der Waals surface area contributed by atoms with Crippen molar-refractivity contribution in [3.05, 3.63) is 46.5 Å². The number of nitrogens with zero attached hydrogens (tertiary/aromatic N) is 2. The van der Waals surface area contributed by atoms with Crippen molar-refractivity contribution in [2.75, 3.05) is 13.7 Å². The summed E-state index contributed by atoms with van der Waals surface area (Å²) < 4.78 is 6.97. The van der Waals surface area contributed by atoms with Crippen LogP contribution in [-0.2, 0) is 11.3 Å². The minimum absolute atomic E-state index is 0.00386. The predicted molar refractivity (Wildman–Crippen MR) is 85.5 cm³/mol. The molecule has 1 atom stereocenters. The molecule has 1 unspecified atom stereocenters. The van der Waals surface area contributed by atoms with E-state index in [2.05, 4.69) is 9.55 Å². The average molecular weight is 315 g/mol. The van der Waals surface area contributed by atoms with Gasteiger partial charge in [0.2, 0.25) is 0 Å². The van der Waals surface area contributed by atoms with E-state index in [-0.39, 0.29) is 11.9 Å². The number of H-pyrrole nitrogens is 1. The summed E-state index contributed by atoms with van der Waals surface area (Å²) in [6.45, 7) is 7.00. The summed E-state index contributed by atoms with van der Waals surface area (Å²) in [5, 5.41) is 0. The maximum absolute atomic E-state index is 13.0. The van der Waals surface area contributed by atoms with Gasteiger partial charge >= 0.3 is 5.97 Å². The van der Waals surface area contributed by atoms with Crippen LogP contribution in [0.3, 0.4) is 0 Å². The van der Waals surface area contributed by atoms with Gasteiger partial charge in [-0.25, -0.2) is 4.79 Å². The topological polar surface area (TPSA) is 67.3 Å². The van der Waals surface area contributed by atoms with Crippen LogP contribution in [0.15, 0.2) is 18.3 Å². The van der Waals surface area contributed by atoms with Gasteiger partial charge < -0.3 is 19.2 Å². The lowest BCUT2D eigenvalue weighted by Crippen LogP contribution is -2.41. The van der Waals surface area contributed by atoms with Gasteiger partial charge in [0, 0.05) is 30.7 Å². The fraction of sp³-hybridized carbons (Fsp3) is 0.412. The Labute approximate surface area is 135 Å². The number of fused-ring (bicyclic) bond motifs is 1. The van der Waals surface area contributed by atoms with Gasteiger partial charge in [0.05, 0.1) is 18.7 Å². The SMILES string of the molecule is COC(=O)c1c(C)[nH]c(C(=O)N2CCn3cccc3C2C)c1C. The smallest absolute Gasteiger partial charge is 0.339 e. The first-order chi connectivity index (χ1) is 11.0. The third kappa shape index (κ3) is 2.34. The van der Waals surface area contributed by atoms with Crippen molar-refractivity contribution in [1.82, 2.24) is 14.5 Å². The molecule has 6 nitrogen and oxygen atoms in total. The average Bonchev–Trinajstić information content (AvgIpc) is 3.11. The second kappa shape index (κ2) is 5.61. The molecule has 0 saturated heterocycles. The lowest BCUT2D eigenvalue weighted by atomic mass is 10.1. The number of aromatic nitrogens is 2. The number of esters is 1. The minimum Gasteiger partial charge on any atom is -0.465 e. The molecular weight excluding hydrogens is 294 g/mol. The number of carbonyl (C=O) groups excluding carboxylic acids is 2. The van der Waals surface area contributed by atoms with Gasteiger partial charge in [-0.05, 0) is 38.5 Å². The van der Waals surface area contributed by atoms with Crippen molar-refractivity contribution in [3.63, 3.8) is 0 Å². The zero-order valence-corrected chi connectivity index (χ0v) is 13.8. The number of aryl methyl sites for hydroxylation is 1. The highest BCUT2D eigenvalue weighted by Gasteiger charge is 2.31. The fourth-order valence-electron chi connectivity index (χ4n) is 3.37. The maximum atomic E-state index is 13.0. The second-order valence-corrected chi connectivity index (χ2v) is 5.92. The van der Waals surface area contributed by atoms with Crippen molar-refractivity contribution in [2.45, 2.75) is 33.4 Å². The Bertz CT molecular complexity index is 772. The van der Waals surface area contributed by atoms with E-state index in [1.54, 1.807) is 13.8 Å². The van der Waals surface area contributed by atoms with E-state index in [1.807, 2.05) is 30.2 Å². The molecule has 1 amide bonds. The number of rotatable bonds is 2. The van der Waals surface area contributed by atoms with Crippen molar-refractivity contribution in [3.8, 4) is 0 Å². The number of amides is 1. The molecule has 0 bridgehead atoms. The van der Waals surface area contributed by atoms with E-state index in [9.17, 15) is 9.59 Å². The molecule has 0 saturated carbocycles. The van der Waals surface area contributed by atoms with Crippen LogP contribution < -0.4 is 0 Å². The highest BCUT2D eigenvalue weighted by molar-refractivity contribution is 6.00. The van der Waals surface area contributed by atoms with Crippen molar-refractivity contribution >= 4 is 11.9 Å². The molecule has 2 aromatic heterocycles. The summed E-state index contributed by atoms with van der Waals surface area (Å²) in [4.78, 5) is 29.8. The van der Waals surface area contributed by atoms with E-state index < -0.39 is 5.97 Å². The minimum atomic E-state index is -0.420. The van der Waals surface area contributed by atoms with Crippen LogP contribution >= 0.6 is 0 Å². The molecule has 0 fully saturated rings. The summed E-state index contributed by atoms with van der Waals surface area (Å²) >= 11 is 0. The molecule has 0 aliphatic carbocycles. The molecule has 2 aromatic rings. The molecule has 3 rings (SSSR count). The molecule has 0 radical (unpaired) electrons. The van der Waals surface area contributed by atoms with Gasteiger partial charge in [0.1, 0.15) is 5.69 Å². The van der Waals surface area contributed by atoms with Crippen LogP contribution in [-0.4, -0.2) is 40.0 Å². The Kier molecular flexibility index (Phi) is 3.75. The van der Waals surface area contributed by atoms with E-state index in [0.717, 1.165) is 12.2 Å². The number of nitrogens with one attached hydrogen (secondary N) is 1. The van der Waals surface area contributed by atoms with Gasteiger partial charge in [0.15, 0.2) is 0 Å². The summed E-state index contributed by atoms with van der Waals surface area (Å²) in [5.41, 5.74) is 3.34. The van der Waals surface area contributed by atoms with Crippen molar-refractivity contribution in [1.29, 1.82) is 0 Å². The molecular formula is C17H21N3O3. The van der Waals surface area contributed by atoms with E-state index >= 15 is 0 Å². The van der Waals surface area contributed by atoms with Crippen molar-refractivity contribution in [2.24, 2.45) is 0 Å². The lowest BCUT2D eigenvalue weighted by molar-refractivity contribution is 0.0599. The summed E-state index contributed by atoms with van der Waals surface area (Å²) in [6.07, 6.45) is 2.03. The van der Waals surface area contributed by atoms with Crippen molar-refractivity contribution < 1.29 is 14.3 Å². The number of hydrogen-bond acceptors (Lipinski definition) is 3. The first-order valence-corrected chi connectivity index (χ1v) is 7.69. The Balaban J connectivity index is 1.94. The molecule has 1 aliphatic heterocycles. The Morgan fingerprint density at radius 3 is 2.74 bits per heavy atom. The quantitative estimate of drug-likeness (QED) is 0.866. The zero-order valence-electron chi connectivity index (χ0n) is 13.8. The van der Waals surface area contributed by atoms with Crippen LogP contribution in [0.2, 0.25) is 0 Å². The molecule has 23 heavy (non-hydrogen) atoms.